The Morgan fingerprint density at radius 2 is 0.357 bits per heavy atom. The molecule has 0 heterocycles. The zero-order chi connectivity index (χ0) is 35.2. The van der Waals surface area contributed by atoms with Gasteiger partial charge in [0, 0.05) is 0 Å². The van der Waals surface area contributed by atoms with E-state index in [1.807, 2.05) is 0 Å². The topological polar surface area (TPSA) is 0 Å². The molecule has 0 unspecified atom stereocenters. The van der Waals surface area contributed by atoms with Gasteiger partial charge in [0.1, 0.15) is 0 Å². The molecule has 0 aliphatic heterocycles. The van der Waals surface area contributed by atoms with Gasteiger partial charge in [-0.2, -0.15) is 0 Å². The summed E-state index contributed by atoms with van der Waals surface area (Å²) in [5.74, 6) is 0. The molecule has 254 valence electrons. The molecular weight excluding hydrogens is 504 g/mol. The van der Waals surface area contributed by atoms with Crippen LogP contribution in [0, 0.1) is 70.4 Å². The van der Waals surface area contributed by atoms with E-state index in [0.29, 0.717) is 0 Å². The highest BCUT2D eigenvalue weighted by Crippen LogP contribution is 2.76. The first-order valence-electron chi connectivity index (χ1n) is 17.6. The maximum Gasteiger partial charge on any atom is -0.0241 e. The fourth-order valence-corrected chi connectivity index (χ4v) is 9.26. The lowest BCUT2D eigenvalue weighted by atomic mass is 9.31. The standard InChI is InChI=1S/C42H86/c1-29-31(5,6)33(9,10)35(13,14)37(17,18)39(21,22)41(25,26)42(27,28)40(23,24)38(19,20)36(15,16)34(11,12)32(7,8)30(2,3)4/h29H2,1-28H3. The lowest BCUT2D eigenvalue weighted by molar-refractivity contribution is -0.249. The van der Waals surface area contributed by atoms with Gasteiger partial charge >= 0.3 is 0 Å². The molecule has 0 aromatic rings. The summed E-state index contributed by atoms with van der Waals surface area (Å²) in [4.78, 5) is 0. The number of hydrogen-bond acceptors (Lipinski definition) is 0. The molecule has 0 heteroatoms. The van der Waals surface area contributed by atoms with Crippen molar-refractivity contribution in [3.05, 3.63) is 0 Å². The van der Waals surface area contributed by atoms with Gasteiger partial charge in [-0.15, -0.1) is 0 Å². The van der Waals surface area contributed by atoms with Crippen molar-refractivity contribution in [3.8, 4) is 0 Å². The molecule has 0 spiro atoms. The minimum atomic E-state index is 0.0178. The van der Waals surface area contributed by atoms with E-state index in [4.69, 9.17) is 0 Å². The van der Waals surface area contributed by atoms with E-state index in [2.05, 4.69) is 194 Å². The van der Waals surface area contributed by atoms with E-state index in [-0.39, 0.29) is 70.4 Å². The Morgan fingerprint density at radius 3 is 0.500 bits per heavy atom. The Morgan fingerprint density at radius 1 is 0.214 bits per heavy atom. The maximum absolute atomic E-state index is 2.61. The largest absolute Gasteiger partial charge is 0.0649 e. The normalized spacial score (nSPS) is 17.1. The summed E-state index contributed by atoms with van der Waals surface area (Å²) < 4.78 is 0. The molecule has 0 aliphatic carbocycles. The molecule has 0 aliphatic rings. The molecule has 0 saturated heterocycles. The molecule has 0 fully saturated rings. The first-order chi connectivity index (χ1) is 17.6. The Hall–Kier alpha value is 0. The lowest BCUT2D eigenvalue weighted by Gasteiger charge is -2.73. The summed E-state index contributed by atoms with van der Waals surface area (Å²) in [5, 5.41) is 0. The summed E-state index contributed by atoms with van der Waals surface area (Å²) in [5.41, 5.74) is 1.14. The van der Waals surface area contributed by atoms with Crippen molar-refractivity contribution in [1.82, 2.24) is 0 Å². The lowest BCUT2D eigenvalue weighted by Crippen LogP contribution is -2.67. The summed E-state index contributed by atoms with van der Waals surface area (Å²) in [6.07, 6.45) is 1.19. The second-order valence-corrected chi connectivity index (χ2v) is 22.4. The van der Waals surface area contributed by atoms with Gasteiger partial charge in [-0.05, 0) is 70.4 Å². The highest BCUT2D eigenvalue weighted by atomic mass is 14.7. The van der Waals surface area contributed by atoms with Crippen LogP contribution in [0.3, 0.4) is 0 Å². The van der Waals surface area contributed by atoms with Crippen molar-refractivity contribution in [2.24, 2.45) is 70.4 Å². The molecule has 0 rings (SSSR count). The molecule has 0 radical (unpaired) electrons. The van der Waals surface area contributed by atoms with Gasteiger partial charge in [0.15, 0.2) is 0 Å². The van der Waals surface area contributed by atoms with Crippen LogP contribution in [-0.2, 0) is 0 Å². The van der Waals surface area contributed by atoms with Crippen molar-refractivity contribution in [1.29, 1.82) is 0 Å². The minimum absolute atomic E-state index is 0.0178. The van der Waals surface area contributed by atoms with Gasteiger partial charge in [0.05, 0.1) is 0 Å². The minimum Gasteiger partial charge on any atom is -0.0649 e. The summed E-state index contributed by atoms with van der Waals surface area (Å²) >= 11 is 0. The third kappa shape index (κ3) is 4.94. The Kier molecular flexibility index (Phi) is 10.5. The van der Waals surface area contributed by atoms with Crippen LogP contribution in [0.15, 0.2) is 0 Å². The third-order valence-corrected chi connectivity index (χ3v) is 20.1. The predicted octanol–water partition coefficient (Wildman–Crippen LogP) is 14.8. The van der Waals surface area contributed by atoms with Gasteiger partial charge in [-0.1, -0.05) is 200 Å². The molecular formula is C42H86. The van der Waals surface area contributed by atoms with E-state index < -0.39 is 0 Å². The van der Waals surface area contributed by atoms with E-state index in [0.717, 1.165) is 0 Å². The average molecular weight is 591 g/mol. The van der Waals surface area contributed by atoms with Crippen molar-refractivity contribution < 1.29 is 0 Å². The van der Waals surface area contributed by atoms with Crippen LogP contribution in [0.1, 0.15) is 200 Å². The van der Waals surface area contributed by atoms with E-state index >= 15 is 0 Å². The highest BCUT2D eigenvalue weighted by molar-refractivity contribution is 5.17. The number of hydrogen-bond donors (Lipinski definition) is 0. The van der Waals surface area contributed by atoms with Crippen LogP contribution in [0.2, 0.25) is 0 Å². The van der Waals surface area contributed by atoms with Gasteiger partial charge in [-0.3, -0.25) is 0 Å². The van der Waals surface area contributed by atoms with Crippen molar-refractivity contribution in [2.75, 3.05) is 0 Å². The summed E-state index contributed by atoms with van der Waals surface area (Å²) in [7, 11) is 0. The van der Waals surface area contributed by atoms with Crippen LogP contribution in [0.5, 0.6) is 0 Å². The van der Waals surface area contributed by atoms with Crippen molar-refractivity contribution >= 4 is 0 Å². The fourth-order valence-electron chi connectivity index (χ4n) is 9.26. The Labute approximate surface area is 270 Å². The van der Waals surface area contributed by atoms with Gasteiger partial charge in [0.25, 0.3) is 0 Å². The molecule has 42 heavy (non-hydrogen) atoms. The molecule has 0 aromatic carbocycles. The molecule has 0 bridgehead atoms. The van der Waals surface area contributed by atoms with E-state index in [1.54, 1.807) is 0 Å². The second-order valence-electron chi connectivity index (χ2n) is 22.4. The van der Waals surface area contributed by atoms with Crippen molar-refractivity contribution in [3.63, 3.8) is 0 Å². The highest BCUT2D eigenvalue weighted by Gasteiger charge is 2.69. The third-order valence-electron chi connectivity index (χ3n) is 20.1. The van der Waals surface area contributed by atoms with Gasteiger partial charge < -0.3 is 0 Å². The van der Waals surface area contributed by atoms with Crippen LogP contribution < -0.4 is 0 Å². The SMILES string of the molecule is CCC(C)(C)C(C)(C)C(C)(C)C(C)(C)C(C)(C)C(C)(C)C(C)(C)C(C)(C)C(C)(C)C(C)(C)C(C)(C)C(C)(C)C(C)(C)C. The quantitative estimate of drug-likeness (QED) is 0.212. The summed E-state index contributed by atoms with van der Waals surface area (Å²) in [6.45, 7) is 71.4. The molecule has 0 saturated carbocycles. The molecule has 0 amide bonds. The first kappa shape index (κ1) is 42.0. The van der Waals surface area contributed by atoms with Crippen LogP contribution in [-0.4, -0.2) is 0 Å². The summed E-state index contributed by atoms with van der Waals surface area (Å²) in [6, 6.07) is 0. The van der Waals surface area contributed by atoms with Gasteiger partial charge in [0.2, 0.25) is 0 Å². The predicted molar refractivity (Wildman–Crippen MR) is 195 cm³/mol. The maximum atomic E-state index is 2.61. The van der Waals surface area contributed by atoms with E-state index in [1.165, 1.54) is 6.42 Å². The molecule has 0 N–H and O–H groups in total. The zero-order valence-electron chi connectivity index (χ0n) is 35.2. The van der Waals surface area contributed by atoms with Crippen LogP contribution >= 0.6 is 0 Å². The zero-order valence-corrected chi connectivity index (χ0v) is 35.2. The molecule has 0 nitrogen and oxygen atoms in total. The monoisotopic (exact) mass is 591 g/mol. The smallest absolute Gasteiger partial charge is 0.0241 e. The Balaban J connectivity index is 7.43. The first-order valence-corrected chi connectivity index (χ1v) is 17.6. The van der Waals surface area contributed by atoms with Crippen LogP contribution in [0.25, 0.3) is 0 Å². The van der Waals surface area contributed by atoms with Crippen molar-refractivity contribution in [2.45, 2.75) is 200 Å². The average Bonchev–Trinajstić information content (AvgIpc) is 2.76. The number of rotatable bonds is 12. The molecule has 0 aromatic heterocycles. The van der Waals surface area contributed by atoms with E-state index in [9.17, 15) is 0 Å². The molecule has 0 atom stereocenters. The second kappa shape index (κ2) is 10.5. The van der Waals surface area contributed by atoms with Crippen LogP contribution in [0.4, 0.5) is 0 Å². The fraction of sp³-hybridized carbons (Fsp3) is 1.00. The Bertz CT molecular complexity index is 938. The van der Waals surface area contributed by atoms with Gasteiger partial charge in [-0.25, -0.2) is 0 Å².